The first kappa shape index (κ1) is 16.5. The molecule has 2 rings (SSSR count). The van der Waals surface area contributed by atoms with Gasteiger partial charge in [0, 0.05) is 33.9 Å². The molecule has 1 atom stereocenters. The van der Waals surface area contributed by atoms with Crippen LogP contribution in [0.5, 0.6) is 0 Å². The minimum atomic E-state index is -0.697. The number of aryl methyl sites for hydroxylation is 2. The summed E-state index contributed by atoms with van der Waals surface area (Å²) in [6.07, 6.45) is 1.99. The minimum absolute atomic E-state index is 0.106. The van der Waals surface area contributed by atoms with Crippen molar-refractivity contribution in [2.75, 3.05) is 26.8 Å². The summed E-state index contributed by atoms with van der Waals surface area (Å²) in [6.45, 7) is 3.27. The minimum Gasteiger partial charge on any atom is -0.385 e. The molecule has 0 aliphatic carbocycles. The van der Waals surface area contributed by atoms with E-state index < -0.39 is 5.41 Å². The number of ether oxygens (including phenoxy) is 1. The first-order chi connectivity index (χ1) is 10.4. The number of primary amides is 1. The number of likely N-dealkylation sites (tertiary alicyclic amines) is 1. The van der Waals surface area contributed by atoms with Gasteiger partial charge in [-0.1, -0.05) is 0 Å². The van der Waals surface area contributed by atoms with Crippen molar-refractivity contribution in [2.45, 2.75) is 26.2 Å². The van der Waals surface area contributed by atoms with Crippen LogP contribution in [-0.4, -0.2) is 53.3 Å². The van der Waals surface area contributed by atoms with E-state index in [0.717, 1.165) is 12.1 Å². The predicted octanol–water partition coefficient (Wildman–Crippen LogP) is 0.473. The van der Waals surface area contributed by atoms with Crippen LogP contribution in [0, 0.1) is 12.3 Å². The molecule has 7 heteroatoms. The van der Waals surface area contributed by atoms with Crippen LogP contribution >= 0.6 is 0 Å². The van der Waals surface area contributed by atoms with Crippen molar-refractivity contribution in [2.24, 2.45) is 18.2 Å². The second-order valence-electron chi connectivity index (χ2n) is 6.01. The number of nitrogens with two attached hydrogens (primary N) is 1. The molecule has 1 saturated heterocycles. The Morgan fingerprint density at radius 2 is 2.23 bits per heavy atom. The van der Waals surface area contributed by atoms with Crippen LogP contribution in [-0.2, 0) is 16.6 Å². The van der Waals surface area contributed by atoms with Crippen molar-refractivity contribution in [3.05, 3.63) is 17.5 Å². The summed E-state index contributed by atoms with van der Waals surface area (Å²) < 4.78 is 6.67. The number of rotatable bonds is 5. The average molecular weight is 308 g/mol. The molecule has 1 aliphatic heterocycles. The van der Waals surface area contributed by atoms with Crippen LogP contribution in [0.3, 0.4) is 0 Å². The lowest BCUT2D eigenvalue weighted by molar-refractivity contribution is -0.131. The molecule has 0 bridgehead atoms. The van der Waals surface area contributed by atoms with E-state index in [2.05, 4.69) is 5.10 Å². The van der Waals surface area contributed by atoms with E-state index in [1.54, 1.807) is 29.8 Å². The molecule has 7 nitrogen and oxygen atoms in total. The summed E-state index contributed by atoms with van der Waals surface area (Å²) in [5, 5.41) is 4.21. The third-order valence-corrected chi connectivity index (χ3v) is 4.39. The monoisotopic (exact) mass is 308 g/mol. The van der Waals surface area contributed by atoms with Gasteiger partial charge in [0.2, 0.25) is 5.91 Å². The molecular weight excluding hydrogens is 284 g/mol. The number of amides is 2. The maximum atomic E-state index is 12.7. The fourth-order valence-corrected chi connectivity index (χ4v) is 3.10. The Morgan fingerprint density at radius 3 is 2.77 bits per heavy atom. The van der Waals surface area contributed by atoms with Crippen LogP contribution in [0.1, 0.15) is 35.4 Å². The van der Waals surface area contributed by atoms with Gasteiger partial charge in [-0.15, -0.1) is 0 Å². The molecule has 0 aromatic carbocycles. The standard InChI is InChI=1S/C15H24N4O3/c1-11-9-12(18(2)17-11)13(20)19-7-4-5-15(10-19,14(16)21)6-8-22-3/h9H,4-8,10H2,1-3H3,(H2,16,21). The Morgan fingerprint density at radius 1 is 1.50 bits per heavy atom. The molecule has 0 spiro atoms. The van der Waals surface area contributed by atoms with Crippen LogP contribution in [0.4, 0.5) is 0 Å². The lowest BCUT2D eigenvalue weighted by Crippen LogP contribution is -2.52. The summed E-state index contributed by atoms with van der Waals surface area (Å²) in [7, 11) is 3.34. The third-order valence-electron chi connectivity index (χ3n) is 4.39. The highest BCUT2D eigenvalue weighted by molar-refractivity contribution is 5.93. The smallest absolute Gasteiger partial charge is 0.272 e. The predicted molar refractivity (Wildman–Crippen MR) is 81.2 cm³/mol. The molecule has 122 valence electrons. The zero-order valence-electron chi connectivity index (χ0n) is 13.5. The lowest BCUT2D eigenvalue weighted by Gasteiger charge is -2.40. The fourth-order valence-electron chi connectivity index (χ4n) is 3.10. The van der Waals surface area contributed by atoms with E-state index in [9.17, 15) is 9.59 Å². The van der Waals surface area contributed by atoms with Crippen LogP contribution in [0.2, 0.25) is 0 Å². The van der Waals surface area contributed by atoms with Gasteiger partial charge >= 0.3 is 0 Å². The Labute approximate surface area is 130 Å². The Hall–Kier alpha value is -1.89. The van der Waals surface area contributed by atoms with Gasteiger partial charge in [-0.3, -0.25) is 14.3 Å². The molecule has 2 heterocycles. The largest absolute Gasteiger partial charge is 0.385 e. The van der Waals surface area contributed by atoms with Crippen molar-refractivity contribution >= 4 is 11.8 Å². The Kier molecular flexibility index (Phi) is 4.85. The van der Waals surface area contributed by atoms with Crippen molar-refractivity contribution < 1.29 is 14.3 Å². The van der Waals surface area contributed by atoms with Gasteiger partial charge in [0.05, 0.1) is 11.1 Å². The molecule has 1 aromatic heterocycles. The van der Waals surface area contributed by atoms with E-state index in [4.69, 9.17) is 10.5 Å². The number of hydrogen-bond acceptors (Lipinski definition) is 4. The van der Waals surface area contributed by atoms with Crippen LogP contribution < -0.4 is 5.73 Å². The highest BCUT2D eigenvalue weighted by Gasteiger charge is 2.42. The van der Waals surface area contributed by atoms with E-state index in [1.165, 1.54) is 0 Å². The average Bonchev–Trinajstić information content (AvgIpc) is 2.83. The van der Waals surface area contributed by atoms with Crippen molar-refractivity contribution in [3.8, 4) is 0 Å². The zero-order valence-corrected chi connectivity index (χ0v) is 13.5. The summed E-state index contributed by atoms with van der Waals surface area (Å²) in [5.74, 6) is -0.464. The van der Waals surface area contributed by atoms with E-state index in [0.29, 0.717) is 38.2 Å². The highest BCUT2D eigenvalue weighted by Crippen LogP contribution is 2.34. The third kappa shape index (κ3) is 3.14. The van der Waals surface area contributed by atoms with E-state index >= 15 is 0 Å². The molecule has 0 radical (unpaired) electrons. The topological polar surface area (TPSA) is 90.4 Å². The number of methoxy groups -OCH3 is 1. The highest BCUT2D eigenvalue weighted by atomic mass is 16.5. The van der Waals surface area contributed by atoms with Crippen LogP contribution in [0.15, 0.2) is 6.07 Å². The first-order valence-corrected chi connectivity index (χ1v) is 7.48. The molecule has 1 aromatic rings. The lowest BCUT2D eigenvalue weighted by atomic mass is 9.76. The Bertz CT molecular complexity index is 569. The van der Waals surface area contributed by atoms with Crippen LogP contribution in [0.25, 0.3) is 0 Å². The second kappa shape index (κ2) is 6.48. The van der Waals surface area contributed by atoms with Gasteiger partial charge in [0.25, 0.3) is 5.91 Å². The maximum absolute atomic E-state index is 12.7. The number of hydrogen-bond donors (Lipinski definition) is 1. The number of aromatic nitrogens is 2. The number of carbonyl (C=O) groups is 2. The van der Waals surface area contributed by atoms with Gasteiger partial charge in [0.15, 0.2) is 0 Å². The second-order valence-corrected chi connectivity index (χ2v) is 6.01. The SMILES string of the molecule is COCCC1(C(N)=O)CCCN(C(=O)c2cc(C)nn2C)C1. The molecule has 1 aliphatic rings. The normalized spacial score (nSPS) is 21.9. The number of carbonyl (C=O) groups excluding carboxylic acids is 2. The van der Waals surface area contributed by atoms with Gasteiger partial charge in [-0.25, -0.2) is 0 Å². The molecule has 22 heavy (non-hydrogen) atoms. The van der Waals surface area contributed by atoms with E-state index in [1.807, 2.05) is 6.92 Å². The summed E-state index contributed by atoms with van der Waals surface area (Å²) in [6, 6.07) is 1.76. The molecule has 1 fully saturated rings. The molecule has 2 amide bonds. The molecule has 0 saturated carbocycles. The number of nitrogens with zero attached hydrogens (tertiary/aromatic N) is 3. The Balaban J connectivity index is 2.20. The molecule has 1 unspecified atom stereocenters. The van der Waals surface area contributed by atoms with Gasteiger partial charge in [-0.05, 0) is 32.3 Å². The van der Waals surface area contributed by atoms with Crippen molar-refractivity contribution in [1.82, 2.24) is 14.7 Å². The first-order valence-electron chi connectivity index (χ1n) is 7.48. The van der Waals surface area contributed by atoms with Crippen molar-refractivity contribution in [1.29, 1.82) is 0 Å². The summed E-state index contributed by atoms with van der Waals surface area (Å²) in [5.41, 5.74) is 6.26. The maximum Gasteiger partial charge on any atom is 0.272 e. The molecule has 2 N–H and O–H groups in total. The summed E-state index contributed by atoms with van der Waals surface area (Å²) >= 11 is 0. The number of piperidine rings is 1. The molecular formula is C15H24N4O3. The zero-order chi connectivity index (χ0) is 16.3. The summed E-state index contributed by atoms with van der Waals surface area (Å²) in [4.78, 5) is 26.4. The van der Waals surface area contributed by atoms with E-state index in [-0.39, 0.29) is 11.8 Å². The van der Waals surface area contributed by atoms with Crippen molar-refractivity contribution in [3.63, 3.8) is 0 Å². The van der Waals surface area contributed by atoms with Gasteiger partial charge < -0.3 is 15.4 Å². The van der Waals surface area contributed by atoms with Gasteiger partial charge in [0.1, 0.15) is 5.69 Å². The quantitative estimate of drug-likeness (QED) is 0.856. The van der Waals surface area contributed by atoms with Gasteiger partial charge in [-0.2, -0.15) is 5.10 Å². The fraction of sp³-hybridized carbons (Fsp3) is 0.667.